The van der Waals surface area contributed by atoms with E-state index in [4.69, 9.17) is 5.73 Å². The number of anilines is 1. The van der Waals surface area contributed by atoms with Gasteiger partial charge >= 0.3 is 6.18 Å². The summed E-state index contributed by atoms with van der Waals surface area (Å²) in [7, 11) is 0. The predicted octanol–water partition coefficient (Wildman–Crippen LogP) is 3.04. The van der Waals surface area contributed by atoms with Crippen molar-refractivity contribution in [3.63, 3.8) is 0 Å². The molecule has 1 aliphatic rings. The summed E-state index contributed by atoms with van der Waals surface area (Å²) < 4.78 is 38.5. The van der Waals surface area contributed by atoms with Gasteiger partial charge in [0, 0.05) is 11.6 Å². The van der Waals surface area contributed by atoms with Crippen LogP contribution in [0.4, 0.5) is 19.0 Å². The summed E-state index contributed by atoms with van der Waals surface area (Å²) in [6.45, 7) is 0. The Morgan fingerprint density at radius 2 is 2.06 bits per heavy atom. The number of nitrogen functional groups attached to an aromatic ring is 1. The zero-order valence-electron chi connectivity index (χ0n) is 8.80. The fourth-order valence-electron chi connectivity index (χ4n) is 2.13. The van der Waals surface area contributed by atoms with E-state index >= 15 is 0 Å². The third-order valence-corrected chi connectivity index (χ3v) is 3.01. The highest BCUT2D eigenvalue weighted by Gasteiger charge is 2.37. The molecule has 2 heterocycles. The SMILES string of the molecule is Nc1cc(C2CC2)c2c(C(F)(F)F)c[nH]c2n1. The summed E-state index contributed by atoms with van der Waals surface area (Å²) in [6.07, 6.45) is -1.56. The van der Waals surface area contributed by atoms with E-state index in [0.29, 0.717) is 5.56 Å². The number of rotatable bonds is 1. The number of fused-ring (bicyclic) bond motifs is 1. The van der Waals surface area contributed by atoms with Crippen LogP contribution in [0.25, 0.3) is 11.0 Å². The second-order valence-electron chi connectivity index (χ2n) is 4.33. The number of hydrogen-bond acceptors (Lipinski definition) is 2. The molecule has 3 nitrogen and oxygen atoms in total. The van der Waals surface area contributed by atoms with Crippen LogP contribution >= 0.6 is 0 Å². The van der Waals surface area contributed by atoms with Gasteiger partial charge in [-0.05, 0) is 30.4 Å². The number of nitrogens with one attached hydrogen (secondary N) is 1. The monoisotopic (exact) mass is 241 g/mol. The van der Waals surface area contributed by atoms with E-state index in [0.717, 1.165) is 19.0 Å². The number of nitrogens with two attached hydrogens (primary N) is 1. The molecule has 2 aromatic rings. The van der Waals surface area contributed by atoms with Crippen molar-refractivity contribution >= 4 is 16.9 Å². The fraction of sp³-hybridized carbons (Fsp3) is 0.364. The minimum absolute atomic E-state index is 0.175. The van der Waals surface area contributed by atoms with Gasteiger partial charge in [0.05, 0.1) is 5.56 Å². The Labute approximate surface area is 94.8 Å². The first-order valence-electron chi connectivity index (χ1n) is 5.31. The van der Waals surface area contributed by atoms with E-state index in [-0.39, 0.29) is 22.8 Å². The fourth-order valence-corrected chi connectivity index (χ4v) is 2.13. The van der Waals surface area contributed by atoms with Gasteiger partial charge in [-0.3, -0.25) is 0 Å². The van der Waals surface area contributed by atoms with Crippen molar-refractivity contribution in [2.75, 3.05) is 5.73 Å². The molecule has 6 heteroatoms. The number of aromatic nitrogens is 2. The maximum atomic E-state index is 12.8. The first-order valence-corrected chi connectivity index (χ1v) is 5.31. The van der Waals surface area contributed by atoms with Crippen molar-refractivity contribution in [1.29, 1.82) is 0 Å². The largest absolute Gasteiger partial charge is 0.418 e. The average molecular weight is 241 g/mol. The van der Waals surface area contributed by atoms with Gasteiger partial charge in [-0.15, -0.1) is 0 Å². The third kappa shape index (κ3) is 1.64. The lowest BCUT2D eigenvalue weighted by atomic mass is 10.0. The first-order chi connectivity index (χ1) is 7.97. The number of pyridine rings is 1. The molecule has 0 amide bonds. The molecule has 0 radical (unpaired) electrons. The molecule has 0 saturated heterocycles. The van der Waals surface area contributed by atoms with Crippen molar-refractivity contribution in [1.82, 2.24) is 9.97 Å². The van der Waals surface area contributed by atoms with Crippen molar-refractivity contribution in [2.24, 2.45) is 0 Å². The first kappa shape index (κ1) is 10.4. The van der Waals surface area contributed by atoms with Gasteiger partial charge in [-0.1, -0.05) is 0 Å². The Hall–Kier alpha value is -1.72. The number of H-pyrrole nitrogens is 1. The second kappa shape index (κ2) is 3.15. The van der Waals surface area contributed by atoms with Crippen LogP contribution < -0.4 is 5.73 Å². The number of halogens is 3. The molecule has 3 N–H and O–H groups in total. The minimum atomic E-state index is -4.36. The van der Waals surface area contributed by atoms with E-state index < -0.39 is 11.7 Å². The zero-order valence-corrected chi connectivity index (χ0v) is 8.80. The Morgan fingerprint density at radius 3 is 2.65 bits per heavy atom. The van der Waals surface area contributed by atoms with Crippen LogP contribution in [0.1, 0.15) is 29.9 Å². The number of alkyl halides is 3. The van der Waals surface area contributed by atoms with Gasteiger partial charge in [0.15, 0.2) is 0 Å². The van der Waals surface area contributed by atoms with Crippen LogP contribution in [0, 0.1) is 0 Å². The lowest BCUT2D eigenvalue weighted by Gasteiger charge is -2.08. The Morgan fingerprint density at radius 1 is 1.35 bits per heavy atom. The molecule has 90 valence electrons. The molecule has 1 fully saturated rings. The van der Waals surface area contributed by atoms with Crippen LogP contribution in [0.15, 0.2) is 12.3 Å². The molecule has 1 saturated carbocycles. The van der Waals surface area contributed by atoms with Gasteiger partial charge in [-0.2, -0.15) is 13.2 Å². The van der Waals surface area contributed by atoms with Gasteiger partial charge in [-0.25, -0.2) is 4.98 Å². The maximum absolute atomic E-state index is 12.8. The summed E-state index contributed by atoms with van der Waals surface area (Å²) in [5, 5.41) is 0.175. The van der Waals surface area contributed by atoms with Crippen LogP contribution in [0.2, 0.25) is 0 Å². The third-order valence-electron chi connectivity index (χ3n) is 3.01. The molecule has 17 heavy (non-hydrogen) atoms. The summed E-state index contributed by atoms with van der Waals surface area (Å²) >= 11 is 0. The molecule has 0 aliphatic heterocycles. The zero-order chi connectivity index (χ0) is 12.2. The van der Waals surface area contributed by atoms with Crippen molar-refractivity contribution < 1.29 is 13.2 Å². The van der Waals surface area contributed by atoms with Gasteiger partial charge in [0.2, 0.25) is 0 Å². The summed E-state index contributed by atoms with van der Waals surface area (Å²) in [6, 6.07) is 1.56. The van der Waals surface area contributed by atoms with Gasteiger partial charge in [0.25, 0.3) is 0 Å². The van der Waals surface area contributed by atoms with Gasteiger partial charge in [0.1, 0.15) is 11.5 Å². The Bertz CT molecular complexity index is 581. The smallest absolute Gasteiger partial charge is 0.384 e. The van der Waals surface area contributed by atoms with E-state index in [1.807, 2.05) is 0 Å². The van der Waals surface area contributed by atoms with Crippen LogP contribution in [0.3, 0.4) is 0 Å². The average Bonchev–Trinajstić information content (AvgIpc) is 2.95. The van der Waals surface area contributed by atoms with Crippen molar-refractivity contribution in [2.45, 2.75) is 24.9 Å². The molecule has 0 bridgehead atoms. The van der Waals surface area contributed by atoms with E-state index in [9.17, 15) is 13.2 Å². The van der Waals surface area contributed by atoms with Gasteiger partial charge < -0.3 is 10.7 Å². The van der Waals surface area contributed by atoms with E-state index in [1.165, 1.54) is 0 Å². The highest BCUT2D eigenvalue weighted by atomic mass is 19.4. The Balaban J connectivity index is 2.32. The number of nitrogens with zero attached hydrogens (tertiary/aromatic N) is 1. The molecule has 2 aromatic heterocycles. The molecule has 0 aromatic carbocycles. The standard InChI is InChI=1S/C11H10F3N3/c12-11(13,14)7-4-16-10-9(7)6(5-1-2-5)3-8(15)17-10/h3-5H,1-2H2,(H3,15,16,17). The highest BCUT2D eigenvalue weighted by Crippen LogP contribution is 2.46. The lowest BCUT2D eigenvalue weighted by molar-refractivity contribution is -0.136. The van der Waals surface area contributed by atoms with E-state index in [2.05, 4.69) is 9.97 Å². The lowest BCUT2D eigenvalue weighted by Crippen LogP contribution is -2.05. The van der Waals surface area contributed by atoms with Crippen molar-refractivity contribution in [3.8, 4) is 0 Å². The quantitative estimate of drug-likeness (QED) is 0.806. The molecule has 1 aliphatic carbocycles. The maximum Gasteiger partial charge on any atom is 0.418 e. The van der Waals surface area contributed by atoms with Crippen LogP contribution in [0.5, 0.6) is 0 Å². The molecular formula is C11H10F3N3. The topological polar surface area (TPSA) is 54.7 Å². The van der Waals surface area contributed by atoms with Crippen LogP contribution in [-0.2, 0) is 6.18 Å². The molecule has 0 spiro atoms. The second-order valence-corrected chi connectivity index (χ2v) is 4.33. The van der Waals surface area contributed by atoms with E-state index in [1.54, 1.807) is 6.07 Å². The Kier molecular flexibility index (Phi) is 1.93. The minimum Gasteiger partial charge on any atom is -0.384 e. The van der Waals surface area contributed by atoms with Crippen LogP contribution in [-0.4, -0.2) is 9.97 Å². The molecule has 0 unspecified atom stereocenters. The summed E-state index contributed by atoms with van der Waals surface area (Å²) in [5.41, 5.74) is 5.83. The molecule has 3 rings (SSSR count). The molecular weight excluding hydrogens is 231 g/mol. The predicted molar refractivity (Wildman–Crippen MR) is 57.5 cm³/mol. The summed E-state index contributed by atoms with van der Waals surface area (Å²) in [4.78, 5) is 6.45. The normalized spacial score (nSPS) is 16.6. The van der Waals surface area contributed by atoms with Crippen molar-refractivity contribution in [3.05, 3.63) is 23.4 Å². The number of aromatic amines is 1. The summed E-state index contributed by atoms with van der Waals surface area (Å²) in [5.74, 6) is 0.453. The highest BCUT2D eigenvalue weighted by molar-refractivity contribution is 5.86. The molecule has 0 atom stereocenters. The number of hydrogen-bond donors (Lipinski definition) is 2.